The average Bonchev–Trinajstić information content (AvgIpc) is 2.61. The van der Waals surface area contributed by atoms with Gasteiger partial charge in [0.25, 0.3) is 0 Å². The molecular weight excluding hydrogens is 276 g/mol. The molecule has 0 N–H and O–H groups in total. The molecule has 1 fully saturated rings. The Bertz CT molecular complexity index is 552. The van der Waals surface area contributed by atoms with Gasteiger partial charge in [0.2, 0.25) is 0 Å². The van der Waals surface area contributed by atoms with Gasteiger partial charge in [-0.2, -0.15) is 0 Å². The summed E-state index contributed by atoms with van der Waals surface area (Å²) in [6, 6.07) is 9.04. The van der Waals surface area contributed by atoms with E-state index >= 15 is 0 Å². The first-order valence-electron chi connectivity index (χ1n) is 9.30. The fourth-order valence-corrected chi connectivity index (χ4v) is 3.97. The zero-order valence-electron chi connectivity index (χ0n) is 14.5. The molecule has 3 rings (SSSR count). The predicted octanol–water partition coefficient (Wildman–Crippen LogP) is 6.59. The first-order valence-corrected chi connectivity index (χ1v) is 9.30. The number of benzene rings is 1. The molecule has 1 aromatic carbocycles. The Hall–Kier alpha value is -1.56. The van der Waals surface area contributed by atoms with Crippen LogP contribution in [0.25, 0.3) is 0 Å². The highest BCUT2D eigenvalue weighted by atomic mass is 14.2. The van der Waals surface area contributed by atoms with E-state index in [0.29, 0.717) is 11.8 Å². The normalized spacial score (nSPS) is 31.3. The van der Waals surface area contributed by atoms with Gasteiger partial charge in [0.15, 0.2) is 0 Å². The third kappa shape index (κ3) is 4.47. The van der Waals surface area contributed by atoms with Crippen LogP contribution in [0.15, 0.2) is 61.2 Å². The minimum atomic E-state index is 0.614. The van der Waals surface area contributed by atoms with Crippen LogP contribution in [0.3, 0.4) is 0 Å². The molecule has 1 aromatic rings. The van der Waals surface area contributed by atoms with Gasteiger partial charge in [0.05, 0.1) is 0 Å². The molecule has 0 heterocycles. The Labute approximate surface area is 142 Å². The van der Waals surface area contributed by atoms with Crippen molar-refractivity contribution in [3.05, 3.63) is 72.4 Å². The number of hydrogen-bond donors (Lipinski definition) is 0. The molecule has 0 radical (unpaired) electrons. The topological polar surface area (TPSA) is 0 Å². The van der Waals surface area contributed by atoms with E-state index in [9.17, 15) is 0 Å². The predicted molar refractivity (Wildman–Crippen MR) is 101 cm³/mol. The van der Waals surface area contributed by atoms with E-state index < -0.39 is 0 Å². The summed E-state index contributed by atoms with van der Waals surface area (Å²) in [6.45, 7) is 6.10. The van der Waals surface area contributed by atoms with Crippen LogP contribution in [-0.4, -0.2) is 0 Å². The van der Waals surface area contributed by atoms with Gasteiger partial charge in [-0.25, -0.2) is 0 Å². The summed E-state index contributed by atoms with van der Waals surface area (Å²) in [4.78, 5) is 0. The van der Waals surface area contributed by atoms with Gasteiger partial charge in [-0.15, -0.1) is 6.58 Å². The lowest BCUT2D eigenvalue weighted by Gasteiger charge is -2.25. The second-order valence-corrected chi connectivity index (χ2v) is 7.44. The molecule has 0 heteroatoms. The summed E-state index contributed by atoms with van der Waals surface area (Å²) in [6.07, 6.45) is 19.9. The Morgan fingerprint density at radius 2 is 1.52 bits per heavy atom. The molecule has 122 valence electrons. The summed E-state index contributed by atoms with van der Waals surface area (Å²) in [5.41, 5.74) is 2.82. The van der Waals surface area contributed by atoms with Crippen molar-refractivity contribution in [1.82, 2.24) is 0 Å². The summed E-state index contributed by atoms with van der Waals surface area (Å²) >= 11 is 0. The molecule has 2 aliphatic rings. The van der Waals surface area contributed by atoms with Crippen LogP contribution < -0.4 is 0 Å². The third-order valence-electron chi connectivity index (χ3n) is 5.69. The molecule has 0 spiro atoms. The summed E-state index contributed by atoms with van der Waals surface area (Å²) in [5, 5.41) is 0. The van der Waals surface area contributed by atoms with E-state index in [-0.39, 0.29) is 0 Å². The minimum absolute atomic E-state index is 0.614. The maximum atomic E-state index is 3.94. The number of hydrogen-bond acceptors (Lipinski definition) is 0. The third-order valence-corrected chi connectivity index (χ3v) is 5.69. The van der Waals surface area contributed by atoms with Crippen LogP contribution in [0.5, 0.6) is 0 Å². The van der Waals surface area contributed by atoms with Crippen molar-refractivity contribution < 1.29 is 0 Å². The molecule has 0 saturated heterocycles. The van der Waals surface area contributed by atoms with Crippen LogP contribution in [0.1, 0.15) is 55.6 Å². The lowest BCUT2D eigenvalue weighted by molar-refractivity contribution is 0.356. The highest BCUT2D eigenvalue weighted by Crippen LogP contribution is 2.33. The van der Waals surface area contributed by atoms with Crippen molar-refractivity contribution in [2.75, 3.05) is 0 Å². The van der Waals surface area contributed by atoms with Gasteiger partial charge in [-0.05, 0) is 68.8 Å². The number of aryl methyl sites for hydroxylation is 1. The van der Waals surface area contributed by atoms with Crippen molar-refractivity contribution >= 4 is 0 Å². The van der Waals surface area contributed by atoms with E-state index in [0.717, 1.165) is 11.8 Å². The zero-order valence-corrected chi connectivity index (χ0v) is 14.5. The van der Waals surface area contributed by atoms with Crippen molar-refractivity contribution in [3.8, 4) is 0 Å². The van der Waals surface area contributed by atoms with Gasteiger partial charge in [-0.1, -0.05) is 60.2 Å². The molecular formula is C23H30. The summed E-state index contributed by atoms with van der Waals surface area (Å²) in [5.74, 6) is 2.83. The molecule has 0 aliphatic heterocycles. The van der Waals surface area contributed by atoms with Gasteiger partial charge in [-0.3, -0.25) is 0 Å². The standard InChI is InChI=1S/C23H30/c1-3-19-6-8-20(9-7-19)10-11-21-12-16-23(17-13-21)22-14-4-18(2)5-15-22/h3-5,10-12,14-16,19-21,23H,1,6-9,13,17H2,2H3/b11-10+. The van der Waals surface area contributed by atoms with Gasteiger partial charge < -0.3 is 0 Å². The highest BCUT2D eigenvalue weighted by molar-refractivity contribution is 5.29. The quantitative estimate of drug-likeness (QED) is 0.550. The maximum absolute atomic E-state index is 3.94. The SMILES string of the molecule is C=CC1CCC(/C=C/C2C=CC(c3ccc(C)cc3)CC2)CC1. The van der Waals surface area contributed by atoms with E-state index in [1.54, 1.807) is 0 Å². The molecule has 0 aromatic heterocycles. The number of rotatable bonds is 4. The van der Waals surface area contributed by atoms with E-state index in [2.05, 4.69) is 68.1 Å². The van der Waals surface area contributed by atoms with Gasteiger partial charge in [0.1, 0.15) is 0 Å². The molecule has 1 saturated carbocycles. The second-order valence-electron chi connectivity index (χ2n) is 7.44. The molecule has 2 aliphatic carbocycles. The lowest BCUT2D eigenvalue weighted by atomic mass is 9.80. The minimum Gasteiger partial charge on any atom is -0.103 e. The van der Waals surface area contributed by atoms with E-state index in [1.807, 2.05) is 0 Å². The Kier molecular flexibility index (Phi) is 5.54. The Morgan fingerprint density at radius 3 is 2.13 bits per heavy atom. The Balaban J connectivity index is 1.51. The smallest absolute Gasteiger partial charge is 0.00185 e. The van der Waals surface area contributed by atoms with Crippen molar-refractivity contribution in [3.63, 3.8) is 0 Å². The van der Waals surface area contributed by atoms with Gasteiger partial charge in [0, 0.05) is 5.92 Å². The first-order chi connectivity index (χ1) is 11.2. The van der Waals surface area contributed by atoms with Crippen molar-refractivity contribution in [2.45, 2.75) is 51.4 Å². The molecule has 23 heavy (non-hydrogen) atoms. The van der Waals surface area contributed by atoms with Crippen LogP contribution in [-0.2, 0) is 0 Å². The Morgan fingerprint density at radius 1 is 0.826 bits per heavy atom. The maximum Gasteiger partial charge on any atom is 0.00185 e. The van der Waals surface area contributed by atoms with Crippen LogP contribution in [0.2, 0.25) is 0 Å². The zero-order chi connectivity index (χ0) is 16.1. The van der Waals surface area contributed by atoms with Crippen molar-refractivity contribution in [2.24, 2.45) is 17.8 Å². The largest absolute Gasteiger partial charge is 0.103 e. The van der Waals surface area contributed by atoms with Gasteiger partial charge >= 0.3 is 0 Å². The van der Waals surface area contributed by atoms with E-state index in [4.69, 9.17) is 0 Å². The first kappa shape index (κ1) is 16.3. The highest BCUT2D eigenvalue weighted by Gasteiger charge is 2.18. The van der Waals surface area contributed by atoms with E-state index in [1.165, 1.54) is 49.7 Å². The molecule has 0 nitrogen and oxygen atoms in total. The molecule has 0 amide bonds. The monoisotopic (exact) mass is 306 g/mol. The molecule has 2 unspecified atom stereocenters. The summed E-state index contributed by atoms with van der Waals surface area (Å²) < 4.78 is 0. The molecule has 2 atom stereocenters. The average molecular weight is 306 g/mol. The van der Waals surface area contributed by atoms with Crippen LogP contribution in [0, 0.1) is 24.7 Å². The van der Waals surface area contributed by atoms with Crippen molar-refractivity contribution in [1.29, 1.82) is 0 Å². The lowest BCUT2D eigenvalue weighted by Crippen LogP contribution is -2.11. The van der Waals surface area contributed by atoms with Crippen LogP contribution >= 0.6 is 0 Å². The second kappa shape index (κ2) is 7.81. The fourth-order valence-electron chi connectivity index (χ4n) is 3.97. The molecule has 0 bridgehead atoms. The summed E-state index contributed by atoms with van der Waals surface area (Å²) in [7, 11) is 0. The fraction of sp³-hybridized carbons (Fsp3) is 0.478. The number of allylic oxidation sites excluding steroid dienone is 5. The van der Waals surface area contributed by atoms with Crippen LogP contribution in [0.4, 0.5) is 0 Å².